The lowest BCUT2D eigenvalue weighted by Crippen LogP contribution is -2.24. The molecule has 0 aliphatic carbocycles. The monoisotopic (exact) mass is 300 g/mol. The minimum absolute atomic E-state index is 0.0436. The van der Waals surface area contributed by atoms with E-state index >= 15 is 0 Å². The number of hydrogen-bond acceptors (Lipinski definition) is 6. The van der Waals surface area contributed by atoms with Gasteiger partial charge in [0.2, 0.25) is 11.6 Å². The van der Waals surface area contributed by atoms with Gasteiger partial charge < -0.3 is 14.6 Å². The highest BCUT2D eigenvalue weighted by Crippen LogP contribution is 2.20. The first-order valence-corrected chi connectivity index (χ1v) is 7.16. The normalized spacial score (nSPS) is 17.9. The van der Waals surface area contributed by atoms with Gasteiger partial charge in [0.25, 0.3) is 0 Å². The fourth-order valence-corrected chi connectivity index (χ4v) is 2.21. The average Bonchev–Trinajstić information content (AvgIpc) is 2.57. The molecule has 1 aliphatic heterocycles. The largest absolute Gasteiger partial charge is 0.505 e. The molecule has 6 nitrogen and oxygen atoms in total. The van der Waals surface area contributed by atoms with Crippen molar-refractivity contribution in [3.05, 3.63) is 48.0 Å². The standard InChI is InChI=1S/C16H16N2O4/c19-12-9-17-16(18-10-12)15(20)11-4-6-13(7-5-11)22-14-3-1-2-8-21-14/h4-7,9-10,14,19H,1-3,8H2. The van der Waals surface area contributed by atoms with Crippen LogP contribution in [0.5, 0.6) is 11.5 Å². The van der Waals surface area contributed by atoms with Crippen molar-refractivity contribution < 1.29 is 19.4 Å². The van der Waals surface area contributed by atoms with Crippen molar-refractivity contribution >= 4 is 5.78 Å². The van der Waals surface area contributed by atoms with Crippen LogP contribution in [-0.4, -0.2) is 33.8 Å². The van der Waals surface area contributed by atoms with Gasteiger partial charge in [-0.2, -0.15) is 0 Å². The van der Waals surface area contributed by atoms with Gasteiger partial charge in [-0.05, 0) is 37.1 Å². The minimum atomic E-state index is -0.305. The SMILES string of the molecule is O=C(c1ccc(OC2CCCCO2)cc1)c1ncc(O)cn1. The Kier molecular flexibility index (Phi) is 4.29. The molecule has 0 bridgehead atoms. The summed E-state index contributed by atoms with van der Waals surface area (Å²) in [6, 6.07) is 6.78. The number of ketones is 1. The van der Waals surface area contributed by atoms with Crippen LogP contribution in [0.15, 0.2) is 36.7 Å². The van der Waals surface area contributed by atoms with Crippen molar-refractivity contribution in [1.82, 2.24) is 9.97 Å². The number of benzene rings is 1. The van der Waals surface area contributed by atoms with Gasteiger partial charge in [0, 0.05) is 12.0 Å². The maximum Gasteiger partial charge on any atom is 0.230 e. The third kappa shape index (κ3) is 3.40. The molecule has 2 aromatic rings. The molecule has 1 saturated heterocycles. The number of hydrogen-bond donors (Lipinski definition) is 1. The van der Waals surface area contributed by atoms with Crippen LogP contribution in [0.25, 0.3) is 0 Å². The summed E-state index contributed by atoms with van der Waals surface area (Å²) < 4.78 is 11.2. The Morgan fingerprint density at radius 3 is 2.55 bits per heavy atom. The average molecular weight is 300 g/mol. The van der Waals surface area contributed by atoms with Gasteiger partial charge in [-0.3, -0.25) is 4.79 Å². The van der Waals surface area contributed by atoms with Gasteiger partial charge in [-0.1, -0.05) is 0 Å². The van der Waals surface area contributed by atoms with E-state index in [1.54, 1.807) is 24.3 Å². The number of nitrogens with zero attached hydrogens (tertiary/aromatic N) is 2. The highest BCUT2D eigenvalue weighted by Gasteiger charge is 2.16. The van der Waals surface area contributed by atoms with Gasteiger partial charge in [0.15, 0.2) is 12.0 Å². The summed E-state index contributed by atoms with van der Waals surface area (Å²) in [4.78, 5) is 19.8. The van der Waals surface area contributed by atoms with E-state index in [1.807, 2.05) is 0 Å². The summed E-state index contributed by atoms with van der Waals surface area (Å²) in [5, 5.41) is 9.14. The molecule has 1 aliphatic rings. The van der Waals surface area contributed by atoms with Gasteiger partial charge in [-0.25, -0.2) is 9.97 Å². The van der Waals surface area contributed by atoms with Crippen LogP contribution in [0.4, 0.5) is 0 Å². The number of ether oxygens (including phenoxy) is 2. The van der Waals surface area contributed by atoms with Crippen LogP contribution < -0.4 is 4.74 Å². The Labute approximate surface area is 127 Å². The quantitative estimate of drug-likeness (QED) is 0.873. The number of aromatic hydroxyl groups is 1. The van der Waals surface area contributed by atoms with Gasteiger partial charge >= 0.3 is 0 Å². The predicted molar refractivity (Wildman–Crippen MR) is 77.8 cm³/mol. The van der Waals surface area contributed by atoms with Gasteiger partial charge in [-0.15, -0.1) is 0 Å². The zero-order valence-corrected chi connectivity index (χ0v) is 11.9. The molecule has 1 N–H and O–H groups in total. The fourth-order valence-electron chi connectivity index (χ4n) is 2.21. The molecule has 114 valence electrons. The third-order valence-electron chi connectivity index (χ3n) is 3.36. The van der Waals surface area contributed by atoms with Crippen molar-refractivity contribution in [3.63, 3.8) is 0 Å². The summed E-state index contributed by atoms with van der Waals surface area (Å²) in [6.45, 7) is 0.722. The summed E-state index contributed by atoms with van der Waals surface area (Å²) in [5.74, 6) is 0.324. The van der Waals surface area contributed by atoms with E-state index < -0.39 is 0 Å². The second-order valence-corrected chi connectivity index (χ2v) is 5.03. The molecule has 2 heterocycles. The highest BCUT2D eigenvalue weighted by atomic mass is 16.7. The smallest absolute Gasteiger partial charge is 0.230 e. The molecule has 22 heavy (non-hydrogen) atoms. The lowest BCUT2D eigenvalue weighted by Gasteiger charge is -2.23. The summed E-state index contributed by atoms with van der Waals surface area (Å²) in [7, 11) is 0. The lowest BCUT2D eigenvalue weighted by molar-refractivity contribution is -0.105. The molecule has 0 saturated carbocycles. The Morgan fingerprint density at radius 1 is 1.18 bits per heavy atom. The predicted octanol–water partition coefficient (Wildman–Crippen LogP) is 2.32. The van der Waals surface area contributed by atoms with Crippen molar-refractivity contribution in [3.8, 4) is 11.5 Å². The second-order valence-electron chi connectivity index (χ2n) is 5.03. The Balaban J connectivity index is 1.68. The molecule has 0 radical (unpaired) electrons. The number of rotatable bonds is 4. The highest BCUT2D eigenvalue weighted by molar-refractivity contribution is 6.06. The summed E-state index contributed by atoms with van der Waals surface area (Å²) in [5.41, 5.74) is 0.461. The van der Waals surface area contributed by atoms with Crippen LogP contribution in [0.2, 0.25) is 0 Å². The molecule has 0 spiro atoms. The molecule has 1 aromatic heterocycles. The Bertz CT molecular complexity index is 634. The number of aromatic nitrogens is 2. The lowest BCUT2D eigenvalue weighted by atomic mass is 10.1. The van der Waals surface area contributed by atoms with E-state index in [9.17, 15) is 4.79 Å². The first kappa shape index (κ1) is 14.5. The van der Waals surface area contributed by atoms with Crippen LogP contribution in [0, 0.1) is 0 Å². The van der Waals surface area contributed by atoms with Crippen molar-refractivity contribution in [1.29, 1.82) is 0 Å². The van der Waals surface area contributed by atoms with Crippen molar-refractivity contribution in [2.45, 2.75) is 25.6 Å². The number of carbonyl (C=O) groups excluding carboxylic acids is 1. The zero-order valence-electron chi connectivity index (χ0n) is 11.9. The third-order valence-corrected chi connectivity index (χ3v) is 3.36. The van der Waals surface area contributed by atoms with E-state index in [0.29, 0.717) is 11.3 Å². The maximum absolute atomic E-state index is 12.2. The molecular weight excluding hydrogens is 284 g/mol. The molecule has 6 heteroatoms. The first-order chi connectivity index (χ1) is 10.7. The van der Waals surface area contributed by atoms with Crippen LogP contribution in [0.1, 0.15) is 35.4 Å². The molecular formula is C16H16N2O4. The molecule has 1 unspecified atom stereocenters. The van der Waals surface area contributed by atoms with Crippen molar-refractivity contribution in [2.75, 3.05) is 6.61 Å². The van der Waals surface area contributed by atoms with E-state index in [4.69, 9.17) is 14.6 Å². The zero-order chi connectivity index (χ0) is 15.4. The van der Waals surface area contributed by atoms with Crippen LogP contribution >= 0.6 is 0 Å². The Hall–Kier alpha value is -2.47. The van der Waals surface area contributed by atoms with E-state index in [2.05, 4.69) is 9.97 Å². The van der Waals surface area contributed by atoms with E-state index in [1.165, 1.54) is 12.4 Å². The first-order valence-electron chi connectivity index (χ1n) is 7.16. The van der Waals surface area contributed by atoms with Gasteiger partial charge in [0.05, 0.1) is 19.0 Å². The maximum atomic E-state index is 12.2. The van der Waals surface area contributed by atoms with E-state index in [0.717, 1.165) is 25.9 Å². The second kappa shape index (κ2) is 6.53. The Morgan fingerprint density at radius 2 is 1.91 bits per heavy atom. The summed E-state index contributed by atoms with van der Waals surface area (Å²) >= 11 is 0. The van der Waals surface area contributed by atoms with Crippen LogP contribution in [-0.2, 0) is 4.74 Å². The summed E-state index contributed by atoms with van der Waals surface area (Å²) in [6.07, 6.45) is 5.22. The topological polar surface area (TPSA) is 81.5 Å². The van der Waals surface area contributed by atoms with Crippen LogP contribution in [0.3, 0.4) is 0 Å². The number of carbonyl (C=O) groups is 1. The fraction of sp³-hybridized carbons (Fsp3) is 0.312. The van der Waals surface area contributed by atoms with E-state index in [-0.39, 0.29) is 23.6 Å². The van der Waals surface area contributed by atoms with Gasteiger partial charge in [0.1, 0.15) is 5.75 Å². The molecule has 0 amide bonds. The molecule has 3 rings (SSSR count). The molecule has 1 aromatic carbocycles. The van der Waals surface area contributed by atoms with Crippen molar-refractivity contribution in [2.24, 2.45) is 0 Å². The molecule has 1 fully saturated rings. The molecule has 1 atom stereocenters. The minimum Gasteiger partial charge on any atom is -0.505 e.